The summed E-state index contributed by atoms with van der Waals surface area (Å²) in [5.41, 5.74) is 2.41. The van der Waals surface area contributed by atoms with Crippen molar-refractivity contribution in [3.8, 4) is 16.9 Å². The van der Waals surface area contributed by atoms with Crippen molar-refractivity contribution in [3.05, 3.63) is 42.4 Å². The minimum Gasteiger partial charge on any atom is -0.493 e. The molecule has 0 spiro atoms. The average Bonchev–Trinajstić information content (AvgIpc) is 3.08. The molecule has 2 aromatic rings. The molecule has 0 atom stereocenters. The van der Waals surface area contributed by atoms with Gasteiger partial charge in [0, 0.05) is 11.1 Å². The standard InChI is InChI=1S/C15H14O3/c16-8-13-7-14(18-9-11-1-2-11)3-4-15(13)12-5-6-17-10-12/h3-8,10-11H,1-2,9H2. The first-order chi connectivity index (χ1) is 8.86. The van der Waals surface area contributed by atoms with Crippen molar-refractivity contribution < 1.29 is 13.9 Å². The summed E-state index contributed by atoms with van der Waals surface area (Å²) < 4.78 is 10.7. The lowest BCUT2D eigenvalue weighted by Crippen LogP contribution is -1.99. The SMILES string of the molecule is O=Cc1cc(OCC2CC2)ccc1-c1ccoc1. The molecule has 92 valence electrons. The summed E-state index contributed by atoms with van der Waals surface area (Å²) in [6.07, 6.45) is 6.60. The fourth-order valence-corrected chi connectivity index (χ4v) is 1.91. The third kappa shape index (κ3) is 2.30. The van der Waals surface area contributed by atoms with Crippen LogP contribution in [0.25, 0.3) is 11.1 Å². The second kappa shape index (κ2) is 4.69. The molecule has 0 aliphatic heterocycles. The maximum Gasteiger partial charge on any atom is 0.150 e. The third-order valence-corrected chi connectivity index (χ3v) is 3.16. The Kier molecular flexibility index (Phi) is 2.89. The van der Waals surface area contributed by atoms with Crippen molar-refractivity contribution in [1.29, 1.82) is 0 Å². The first kappa shape index (κ1) is 11.1. The second-order valence-electron chi connectivity index (χ2n) is 4.63. The number of carbonyl (C=O) groups is 1. The average molecular weight is 242 g/mol. The van der Waals surface area contributed by atoms with Crippen LogP contribution in [0.2, 0.25) is 0 Å². The highest BCUT2D eigenvalue weighted by molar-refractivity contribution is 5.88. The Morgan fingerprint density at radius 1 is 1.33 bits per heavy atom. The first-order valence-electron chi connectivity index (χ1n) is 6.11. The summed E-state index contributed by atoms with van der Waals surface area (Å²) in [6.45, 7) is 0.753. The molecule has 1 aliphatic carbocycles. The molecule has 0 unspecified atom stereocenters. The third-order valence-electron chi connectivity index (χ3n) is 3.16. The highest BCUT2D eigenvalue weighted by Gasteiger charge is 2.22. The maximum absolute atomic E-state index is 11.1. The Balaban J connectivity index is 1.84. The van der Waals surface area contributed by atoms with E-state index in [0.29, 0.717) is 11.5 Å². The van der Waals surface area contributed by atoms with E-state index in [2.05, 4.69) is 0 Å². The molecule has 3 nitrogen and oxygen atoms in total. The molecular formula is C15H14O3. The molecule has 1 aromatic heterocycles. The largest absolute Gasteiger partial charge is 0.493 e. The molecule has 0 saturated heterocycles. The highest BCUT2D eigenvalue weighted by atomic mass is 16.5. The van der Waals surface area contributed by atoms with Gasteiger partial charge in [0.15, 0.2) is 6.29 Å². The second-order valence-corrected chi connectivity index (χ2v) is 4.63. The van der Waals surface area contributed by atoms with E-state index in [1.165, 1.54) is 12.8 Å². The lowest BCUT2D eigenvalue weighted by atomic mass is 10.0. The van der Waals surface area contributed by atoms with Gasteiger partial charge >= 0.3 is 0 Å². The zero-order valence-corrected chi connectivity index (χ0v) is 9.96. The predicted octanol–water partition coefficient (Wildman–Crippen LogP) is 3.55. The molecule has 3 rings (SSSR count). The molecule has 0 bridgehead atoms. The number of ether oxygens (including phenoxy) is 1. The van der Waals surface area contributed by atoms with Crippen molar-refractivity contribution in [2.24, 2.45) is 5.92 Å². The number of benzene rings is 1. The summed E-state index contributed by atoms with van der Waals surface area (Å²) in [5, 5.41) is 0. The van der Waals surface area contributed by atoms with Gasteiger partial charge in [-0.15, -0.1) is 0 Å². The van der Waals surface area contributed by atoms with Crippen molar-refractivity contribution in [3.63, 3.8) is 0 Å². The van der Waals surface area contributed by atoms with E-state index in [4.69, 9.17) is 9.15 Å². The van der Waals surface area contributed by atoms with Crippen LogP contribution in [0.5, 0.6) is 5.75 Å². The van der Waals surface area contributed by atoms with Gasteiger partial charge < -0.3 is 9.15 Å². The lowest BCUT2D eigenvalue weighted by molar-refractivity contribution is 0.112. The molecule has 3 heteroatoms. The molecule has 18 heavy (non-hydrogen) atoms. The van der Waals surface area contributed by atoms with E-state index in [1.54, 1.807) is 18.6 Å². The molecule has 1 aromatic carbocycles. The zero-order chi connectivity index (χ0) is 12.4. The van der Waals surface area contributed by atoms with Crippen LogP contribution in [-0.2, 0) is 0 Å². The van der Waals surface area contributed by atoms with Gasteiger partial charge in [-0.3, -0.25) is 4.79 Å². The van der Waals surface area contributed by atoms with Crippen molar-refractivity contribution in [2.45, 2.75) is 12.8 Å². The quantitative estimate of drug-likeness (QED) is 0.753. The van der Waals surface area contributed by atoms with Gasteiger partial charge in [0.05, 0.1) is 19.1 Å². The molecule has 0 radical (unpaired) electrons. The van der Waals surface area contributed by atoms with Gasteiger partial charge in [-0.2, -0.15) is 0 Å². The normalized spacial score (nSPS) is 14.4. The lowest BCUT2D eigenvalue weighted by Gasteiger charge is -2.08. The van der Waals surface area contributed by atoms with Gasteiger partial charge in [-0.05, 0) is 48.6 Å². The minimum atomic E-state index is 0.629. The van der Waals surface area contributed by atoms with Crippen LogP contribution >= 0.6 is 0 Å². The van der Waals surface area contributed by atoms with Gasteiger partial charge in [-0.25, -0.2) is 0 Å². The Hall–Kier alpha value is -2.03. The van der Waals surface area contributed by atoms with Gasteiger partial charge in [-0.1, -0.05) is 0 Å². The van der Waals surface area contributed by atoms with E-state index in [-0.39, 0.29) is 0 Å². The molecule has 1 fully saturated rings. The van der Waals surface area contributed by atoms with Crippen molar-refractivity contribution in [1.82, 2.24) is 0 Å². The van der Waals surface area contributed by atoms with E-state index in [9.17, 15) is 4.79 Å². The molecule has 1 heterocycles. The summed E-state index contributed by atoms with van der Waals surface area (Å²) in [6, 6.07) is 7.43. The Bertz CT molecular complexity index is 539. The van der Waals surface area contributed by atoms with Crippen LogP contribution < -0.4 is 4.74 Å². The maximum atomic E-state index is 11.1. The van der Waals surface area contributed by atoms with Crippen LogP contribution in [-0.4, -0.2) is 12.9 Å². The fourth-order valence-electron chi connectivity index (χ4n) is 1.91. The monoisotopic (exact) mass is 242 g/mol. The first-order valence-corrected chi connectivity index (χ1v) is 6.11. The Morgan fingerprint density at radius 2 is 2.22 bits per heavy atom. The molecular weight excluding hydrogens is 228 g/mol. The van der Waals surface area contributed by atoms with Crippen LogP contribution in [0.3, 0.4) is 0 Å². The topological polar surface area (TPSA) is 39.4 Å². The van der Waals surface area contributed by atoms with Crippen molar-refractivity contribution >= 4 is 6.29 Å². The highest BCUT2D eigenvalue weighted by Crippen LogP contribution is 2.31. The summed E-state index contributed by atoms with van der Waals surface area (Å²) >= 11 is 0. The number of carbonyl (C=O) groups excluding carboxylic acids is 1. The molecule has 0 amide bonds. The van der Waals surface area contributed by atoms with Crippen LogP contribution in [0.1, 0.15) is 23.2 Å². The summed E-state index contributed by atoms with van der Waals surface area (Å²) in [4.78, 5) is 11.1. The van der Waals surface area contributed by atoms with E-state index >= 15 is 0 Å². The summed E-state index contributed by atoms with van der Waals surface area (Å²) in [7, 11) is 0. The number of aldehydes is 1. The minimum absolute atomic E-state index is 0.629. The van der Waals surface area contributed by atoms with Crippen molar-refractivity contribution in [2.75, 3.05) is 6.61 Å². The van der Waals surface area contributed by atoms with Crippen LogP contribution in [0.4, 0.5) is 0 Å². The Labute approximate surface area is 105 Å². The van der Waals surface area contributed by atoms with Gasteiger partial charge in [0.2, 0.25) is 0 Å². The Morgan fingerprint density at radius 3 is 2.89 bits per heavy atom. The molecule has 1 saturated carbocycles. The zero-order valence-electron chi connectivity index (χ0n) is 9.96. The molecule has 0 N–H and O–H groups in total. The number of hydrogen-bond acceptors (Lipinski definition) is 3. The number of hydrogen-bond donors (Lipinski definition) is 0. The fraction of sp³-hybridized carbons (Fsp3) is 0.267. The van der Waals surface area contributed by atoms with Crippen LogP contribution in [0.15, 0.2) is 41.2 Å². The van der Waals surface area contributed by atoms with E-state index in [1.807, 2.05) is 18.2 Å². The summed E-state index contributed by atoms with van der Waals surface area (Å²) in [5.74, 6) is 1.47. The predicted molar refractivity (Wildman–Crippen MR) is 67.8 cm³/mol. The van der Waals surface area contributed by atoms with E-state index in [0.717, 1.165) is 29.8 Å². The van der Waals surface area contributed by atoms with Gasteiger partial charge in [0.1, 0.15) is 5.75 Å². The number of rotatable bonds is 5. The smallest absolute Gasteiger partial charge is 0.150 e. The van der Waals surface area contributed by atoms with Gasteiger partial charge in [0.25, 0.3) is 0 Å². The van der Waals surface area contributed by atoms with Crippen LogP contribution in [0, 0.1) is 5.92 Å². The van der Waals surface area contributed by atoms with E-state index < -0.39 is 0 Å². The molecule has 1 aliphatic rings. The number of furan rings is 1.